The summed E-state index contributed by atoms with van der Waals surface area (Å²) in [6, 6.07) is 5.58. The fraction of sp³-hybridized carbons (Fsp3) is 0.385. The third kappa shape index (κ3) is 3.37. The molecule has 0 aliphatic heterocycles. The highest BCUT2D eigenvalue weighted by Gasteiger charge is 2.10. The van der Waals surface area contributed by atoms with Crippen molar-refractivity contribution >= 4 is 5.91 Å². The van der Waals surface area contributed by atoms with Crippen molar-refractivity contribution < 1.29 is 9.18 Å². The Kier molecular flexibility index (Phi) is 4.39. The largest absolute Gasteiger partial charge is 0.352 e. The van der Waals surface area contributed by atoms with Crippen molar-refractivity contribution in [3.8, 4) is 0 Å². The highest BCUT2D eigenvalue weighted by Crippen LogP contribution is 2.05. The van der Waals surface area contributed by atoms with Crippen LogP contribution in [0.2, 0.25) is 0 Å². The van der Waals surface area contributed by atoms with Gasteiger partial charge in [0.2, 0.25) is 0 Å². The molecule has 0 fully saturated rings. The minimum Gasteiger partial charge on any atom is -0.352 e. The molecule has 0 saturated heterocycles. The number of hydrogen-bond acceptors (Lipinski definition) is 4. The lowest BCUT2D eigenvalue weighted by Gasteiger charge is -2.08. The molecule has 0 unspecified atom stereocenters. The number of halogens is 1. The van der Waals surface area contributed by atoms with Crippen molar-refractivity contribution in [1.29, 1.82) is 0 Å². The fourth-order valence-electron chi connectivity index (χ4n) is 1.77. The number of rotatable bonds is 5. The summed E-state index contributed by atoms with van der Waals surface area (Å²) in [5.41, 5.74) is 0.426. The molecule has 6 nitrogen and oxygen atoms in total. The smallest absolute Gasteiger partial charge is 0.251 e. The van der Waals surface area contributed by atoms with Crippen LogP contribution in [-0.2, 0) is 6.42 Å². The normalized spacial score (nSPS) is 10.8. The van der Waals surface area contributed by atoms with Crippen LogP contribution < -0.4 is 5.32 Å². The van der Waals surface area contributed by atoms with Gasteiger partial charge in [-0.25, -0.2) is 9.07 Å². The molecule has 0 radical (unpaired) electrons. The maximum Gasteiger partial charge on any atom is 0.251 e. The van der Waals surface area contributed by atoms with E-state index < -0.39 is 0 Å². The summed E-state index contributed by atoms with van der Waals surface area (Å²) in [4.78, 5) is 11.8. The Bertz CT molecular complexity index is 579. The number of aromatic nitrogens is 4. The number of hydrogen-bond donors (Lipinski definition) is 1. The van der Waals surface area contributed by atoms with E-state index in [1.807, 2.05) is 13.8 Å². The number of benzene rings is 1. The van der Waals surface area contributed by atoms with Crippen molar-refractivity contribution in [3.05, 3.63) is 41.5 Å². The van der Waals surface area contributed by atoms with Crippen LogP contribution in [-0.4, -0.2) is 32.7 Å². The van der Waals surface area contributed by atoms with Gasteiger partial charge in [-0.15, -0.1) is 5.10 Å². The van der Waals surface area contributed by atoms with Gasteiger partial charge in [0.1, 0.15) is 5.82 Å². The van der Waals surface area contributed by atoms with E-state index in [1.54, 1.807) is 4.68 Å². The van der Waals surface area contributed by atoms with Gasteiger partial charge in [0.25, 0.3) is 5.91 Å². The summed E-state index contributed by atoms with van der Waals surface area (Å²) < 4.78 is 14.5. The number of nitrogens with one attached hydrogen (secondary N) is 1. The Labute approximate surface area is 116 Å². The molecular formula is C13H16FN5O. The van der Waals surface area contributed by atoms with Crippen LogP contribution in [0.15, 0.2) is 24.3 Å². The van der Waals surface area contributed by atoms with Crippen LogP contribution in [0.4, 0.5) is 4.39 Å². The molecule has 0 aliphatic rings. The molecule has 1 heterocycles. The standard InChI is InChI=1S/C13H16FN5O/c1-9(2)19-12(16-17-18-19)7-8-15-13(20)10-3-5-11(14)6-4-10/h3-6,9H,7-8H2,1-2H3,(H,15,20). The first-order valence-electron chi connectivity index (χ1n) is 6.38. The highest BCUT2D eigenvalue weighted by molar-refractivity contribution is 5.94. The van der Waals surface area contributed by atoms with Crippen LogP contribution in [0.25, 0.3) is 0 Å². The van der Waals surface area contributed by atoms with Gasteiger partial charge >= 0.3 is 0 Å². The molecule has 106 valence electrons. The molecule has 1 amide bonds. The van der Waals surface area contributed by atoms with Crippen molar-refractivity contribution in [2.45, 2.75) is 26.3 Å². The molecule has 0 aliphatic carbocycles. The van der Waals surface area contributed by atoms with Gasteiger partial charge < -0.3 is 5.32 Å². The highest BCUT2D eigenvalue weighted by atomic mass is 19.1. The van der Waals surface area contributed by atoms with Gasteiger partial charge in [0.05, 0.1) is 6.04 Å². The topological polar surface area (TPSA) is 72.7 Å². The van der Waals surface area contributed by atoms with E-state index in [-0.39, 0.29) is 17.8 Å². The lowest BCUT2D eigenvalue weighted by Crippen LogP contribution is -2.26. The SMILES string of the molecule is CC(C)n1nnnc1CCNC(=O)c1ccc(F)cc1. The van der Waals surface area contributed by atoms with E-state index in [0.29, 0.717) is 18.5 Å². The zero-order chi connectivity index (χ0) is 14.5. The lowest BCUT2D eigenvalue weighted by atomic mass is 10.2. The van der Waals surface area contributed by atoms with Gasteiger partial charge in [0.15, 0.2) is 5.82 Å². The number of carbonyl (C=O) groups is 1. The molecule has 0 atom stereocenters. The molecule has 1 N–H and O–H groups in total. The van der Waals surface area contributed by atoms with E-state index in [1.165, 1.54) is 24.3 Å². The maximum absolute atomic E-state index is 12.8. The van der Waals surface area contributed by atoms with E-state index in [4.69, 9.17) is 0 Å². The lowest BCUT2D eigenvalue weighted by molar-refractivity contribution is 0.0954. The molecule has 2 aromatic rings. The predicted octanol–water partition coefficient (Wildman–Crippen LogP) is 1.37. The minimum absolute atomic E-state index is 0.174. The second kappa shape index (κ2) is 6.23. The molecule has 1 aromatic heterocycles. The summed E-state index contributed by atoms with van der Waals surface area (Å²) in [5, 5.41) is 14.2. The van der Waals surface area contributed by atoms with Crippen molar-refractivity contribution in [2.75, 3.05) is 6.54 Å². The van der Waals surface area contributed by atoms with Gasteiger partial charge in [-0.05, 0) is 48.5 Å². The number of amides is 1. The van der Waals surface area contributed by atoms with Crippen molar-refractivity contribution in [1.82, 2.24) is 25.5 Å². The quantitative estimate of drug-likeness (QED) is 0.895. The fourth-order valence-corrected chi connectivity index (χ4v) is 1.77. The second-order valence-electron chi connectivity index (χ2n) is 4.65. The van der Waals surface area contributed by atoms with Crippen LogP contribution >= 0.6 is 0 Å². The number of nitrogens with zero attached hydrogens (tertiary/aromatic N) is 4. The van der Waals surface area contributed by atoms with E-state index in [0.717, 1.165) is 5.82 Å². The van der Waals surface area contributed by atoms with Gasteiger partial charge in [-0.1, -0.05) is 0 Å². The summed E-state index contributed by atoms with van der Waals surface area (Å²) in [7, 11) is 0. The zero-order valence-corrected chi connectivity index (χ0v) is 11.4. The average Bonchev–Trinajstić information content (AvgIpc) is 2.88. The predicted molar refractivity (Wildman–Crippen MR) is 70.6 cm³/mol. The van der Waals surface area contributed by atoms with E-state index in [9.17, 15) is 9.18 Å². The molecule has 0 bridgehead atoms. The third-order valence-corrected chi connectivity index (χ3v) is 2.79. The van der Waals surface area contributed by atoms with Crippen LogP contribution in [0.3, 0.4) is 0 Å². The van der Waals surface area contributed by atoms with Crippen molar-refractivity contribution in [2.24, 2.45) is 0 Å². The Morgan fingerprint density at radius 1 is 1.35 bits per heavy atom. The Hall–Kier alpha value is -2.31. The molecule has 7 heteroatoms. The van der Waals surface area contributed by atoms with Crippen LogP contribution in [0.1, 0.15) is 36.1 Å². The first kappa shape index (κ1) is 14.1. The molecule has 2 rings (SSSR count). The Morgan fingerprint density at radius 3 is 2.70 bits per heavy atom. The Morgan fingerprint density at radius 2 is 2.05 bits per heavy atom. The molecule has 0 spiro atoms. The molecule has 0 saturated carbocycles. The molecule has 1 aromatic carbocycles. The van der Waals surface area contributed by atoms with Gasteiger partial charge in [-0.2, -0.15) is 0 Å². The minimum atomic E-state index is -0.363. The zero-order valence-electron chi connectivity index (χ0n) is 11.4. The summed E-state index contributed by atoms with van der Waals surface area (Å²) >= 11 is 0. The summed E-state index contributed by atoms with van der Waals surface area (Å²) in [5.74, 6) is 0.116. The first-order chi connectivity index (χ1) is 9.58. The molecule has 20 heavy (non-hydrogen) atoms. The summed E-state index contributed by atoms with van der Waals surface area (Å²) in [6.45, 7) is 4.39. The maximum atomic E-state index is 12.8. The van der Waals surface area contributed by atoms with E-state index >= 15 is 0 Å². The van der Waals surface area contributed by atoms with Gasteiger partial charge in [0, 0.05) is 18.5 Å². The van der Waals surface area contributed by atoms with Crippen LogP contribution in [0, 0.1) is 5.82 Å². The summed E-state index contributed by atoms with van der Waals surface area (Å²) in [6.07, 6.45) is 0.540. The third-order valence-electron chi connectivity index (χ3n) is 2.79. The van der Waals surface area contributed by atoms with Crippen molar-refractivity contribution in [3.63, 3.8) is 0 Å². The number of tetrazole rings is 1. The second-order valence-corrected chi connectivity index (χ2v) is 4.65. The van der Waals surface area contributed by atoms with Crippen LogP contribution in [0.5, 0.6) is 0 Å². The first-order valence-corrected chi connectivity index (χ1v) is 6.38. The monoisotopic (exact) mass is 277 g/mol. The number of carbonyl (C=O) groups excluding carboxylic acids is 1. The Balaban J connectivity index is 1.88. The molecular weight excluding hydrogens is 261 g/mol. The average molecular weight is 277 g/mol. The van der Waals surface area contributed by atoms with Gasteiger partial charge in [-0.3, -0.25) is 4.79 Å². The van der Waals surface area contributed by atoms with E-state index in [2.05, 4.69) is 20.8 Å².